The van der Waals surface area contributed by atoms with Crippen molar-refractivity contribution in [3.05, 3.63) is 82.9 Å². The monoisotopic (exact) mass is 464 g/mol. The normalized spacial score (nSPS) is 25.0. The fourth-order valence-corrected chi connectivity index (χ4v) is 5.37. The average Bonchev–Trinajstić information content (AvgIpc) is 3.61. The van der Waals surface area contributed by atoms with Crippen LogP contribution in [0.3, 0.4) is 0 Å². The topological polar surface area (TPSA) is 64.3 Å². The van der Waals surface area contributed by atoms with E-state index in [4.69, 9.17) is 21.3 Å². The minimum absolute atomic E-state index is 0.464. The van der Waals surface area contributed by atoms with Gasteiger partial charge in [-0.1, -0.05) is 60.1 Å². The van der Waals surface area contributed by atoms with E-state index in [-0.39, 0.29) is 0 Å². The van der Waals surface area contributed by atoms with E-state index in [2.05, 4.69) is 4.57 Å². The lowest BCUT2D eigenvalue weighted by Gasteiger charge is -2.44. The molecule has 0 saturated heterocycles. The number of imidazole rings is 1. The number of rotatable bonds is 7. The van der Waals surface area contributed by atoms with Gasteiger partial charge in [0.25, 0.3) is 0 Å². The minimum atomic E-state index is -0.933. The largest absolute Gasteiger partial charge is 0.481 e. The number of nitrogens with zero attached hydrogens (tertiary/aromatic N) is 2. The van der Waals surface area contributed by atoms with Crippen LogP contribution in [0.1, 0.15) is 55.6 Å². The molecule has 1 N–H and O–H groups in total. The Bertz CT molecular complexity index is 1130. The third kappa shape index (κ3) is 4.04. The SMILES string of the molecule is Cc1nc(C2(Oc3ccccc3)CCC(C(=O)O)(c3ccccc3)CC2)n(CC2CC2)c1Cl. The highest BCUT2D eigenvalue weighted by molar-refractivity contribution is 6.30. The van der Waals surface area contributed by atoms with Crippen LogP contribution in [0.15, 0.2) is 60.7 Å². The summed E-state index contributed by atoms with van der Waals surface area (Å²) in [6, 6.07) is 19.3. The van der Waals surface area contributed by atoms with E-state index < -0.39 is 17.0 Å². The molecule has 6 heteroatoms. The molecule has 0 aliphatic heterocycles. The van der Waals surface area contributed by atoms with Crippen molar-refractivity contribution < 1.29 is 14.6 Å². The van der Waals surface area contributed by atoms with Gasteiger partial charge in [0.2, 0.25) is 0 Å². The van der Waals surface area contributed by atoms with Crippen LogP contribution in [-0.2, 0) is 22.4 Å². The summed E-state index contributed by atoms with van der Waals surface area (Å²) in [4.78, 5) is 17.5. The minimum Gasteiger partial charge on any atom is -0.481 e. The van der Waals surface area contributed by atoms with Gasteiger partial charge in [-0.05, 0) is 69.1 Å². The Kier molecular flexibility index (Phi) is 5.69. The van der Waals surface area contributed by atoms with E-state index >= 15 is 0 Å². The molecular weight excluding hydrogens is 436 g/mol. The first-order valence-electron chi connectivity index (χ1n) is 11.7. The Morgan fingerprint density at radius 3 is 2.24 bits per heavy atom. The van der Waals surface area contributed by atoms with E-state index in [1.807, 2.05) is 67.6 Å². The molecule has 1 aromatic heterocycles. The van der Waals surface area contributed by atoms with E-state index in [0.717, 1.165) is 29.4 Å². The molecule has 2 aromatic carbocycles. The molecule has 172 valence electrons. The summed E-state index contributed by atoms with van der Waals surface area (Å²) in [6.45, 7) is 2.76. The van der Waals surface area contributed by atoms with Crippen molar-refractivity contribution in [2.45, 2.75) is 63.0 Å². The van der Waals surface area contributed by atoms with E-state index in [1.54, 1.807) is 0 Å². The number of ether oxygens (including phenoxy) is 1. The van der Waals surface area contributed by atoms with Crippen LogP contribution >= 0.6 is 11.6 Å². The molecule has 3 aromatic rings. The summed E-state index contributed by atoms with van der Waals surface area (Å²) in [6.07, 6.45) is 4.42. The first kappa shape index (κ1) is 22.0. The lowest BCUT2D eigenvalue weighted by Crippen LogP contribution is -2.48. The number of carboxylic acids is 1. The van der Waals surface area contributed by atoms with Crippen LogP contribution in [0, 0.1) is 12.8 Å². The van der Waals surface area contributed by atoms with Crippen LogP contribution in [0.5, 0.6) is 5.75 Å². The number of aryl methyl sites for hydroxylation is 1. The van der Waals surface area contributed by atoms with E-state index in [9.17, 15) is 9.90 Å². The van der Waals surface area contributed by atoms with Crippen molar-refractivity contribution in [3.63, 3.8) is 0 Å². The molecule has 2 aliphatic carbocycles. The Morgan fingerprint density at radius 1 is 1.06 bits per heavy atom. The van der Waals surface area contributed by atoms with Crippen molar-refractivity contribution >= 4 is 17.6 Å². The van der Waals surface area contributed by atoms with Crippen molar-refractivity contribution in [3.8, 4) is 5.75 Å². The van der Waals surface area contributed by atoms with Crippen molar-refractivity contribution in [1.82, 2.24) is 9.55 Å². The van der Waals surface area contributed by atoms with Gasteiger partial charge >= 0.3 is 5.97 Å². The highest BCUT2D eigenvalue weighted by Crippen LogP contribution is 2.50. The number of hydrogen-bond acceptors (Lipinski definition) is 3. The fourth-order valence-electron chi connectivity index (χ4n) is 5.18. The number of halogens is 1. The summed E-state index contributed by atoms with van der Waals surface area (Å²) >= 11 is 6.72. The van der Waals surface area contributed by atoms with Crippen molar-refractivity contribution in [2.75, 3.05) is 0 Å². The molecule has 1 heterocycles. The summed E-state index contributed by atoms with van der Waals surface area (Å²) in [7, 11) is 0. The van der Waals surface area contributed by atoms with Gasteiger partial charge in [-0.2, -0.15) is 0 Å². The molecule has 2 saturated carbocycles. The van der Waals surface area contributed by atoms with Crippen LogP contribution in [0.25, 0.3) is 0 Å². The van der Waals surface area contributed by atoms with Gasteiger partial charge < -0.3 is 14.4 Å². The Labute approximate surface area is 199 Å². The molecule has 0 radical (unpaired) electrons. The molecule has 5 nitrogen and oxygen atoms in total. The lowest BCUT2D eigenvalue weighted by atomic mass is 9.65. The Hall–Kier alpha value is -2.79. The van der Waals surface area contributed by atoms with Crippen LogP contribution in [0.4, 0.5) is 0 Å². The third-order valence-corrected chi connectivity index (χ3v) is 7.79. The van der Waals surface area contributed by atoms with E-state index in [0.29, 0.717) is 36.8 Å². The molecule has 5 rings (SSSR count). The quantitative estimate of drug-likeness (QED) is 0.457. The van der Waals surface area contributed by atoms with Gasteiger partial charge in [0.15, 0.2) is 11.4 Å². The number of para-hydroxylation sites is 1. The molecule has 0 unspecified atom stereocenters. The van der Waals surface area contributed by atoms with Crippen LogP contribution < -0.4 is 4.74 Å². The second-order valence-electron chi connectivity index (χ2n) is 9.53. The highest BCUT2D eigenvalue weighted by Gasteiger charge is 2.52. The maximum absolute atomic E-state index is 12.6. The number of carboxylic acid groups (broad SMARTS) is 1. The zero-order chi connectivity index (χ0) is 23.1. The van der Waals surface area contributed by atoms with E-state index in [1.165, 1.54) is 12.8 Å². The first-order chi connectivity index (χ1) is 15.9. The Balaban J connectivity index is 1.56. The predicted molar refractivity (Wildman–Crippen MR) is 128 cm³/mol. The summed E-state index contributed by atoms with van der Waals surface area (Å²) < 4.78 is 8.83. The molecular formula is C27H29ClN2O3. The summed E-state index contributed by atoms with van der Waals surface area (Å²) in [5.41, 5.74) is -0.0257. The fraction of sp³-hybridized carbons (Fsp3) is 0.407. The first-order valence-corrected chi connectivity index (χ1v) is 12.1. The standard InChI is InChI=1S/C27H29ClN2O3/c1-19-23(28)30(18-20-12-13-20)24(29-19)27(33-22-10-6-3-7-11-22)16-14-26(15-17-27,25(31)32)21-8-4-2-5-9-21/h2-11,20H,12-18H2,1H3,(H,31,32). The van der Waals surface area contributed by atoms with Gasteiger partial charge in [0, 0.05) is 6.54 Å². The molecule has 0 amide bonds. The second-order valence-corrected chi connectivity index (χ2v) is 9.89. The van der Waals surface area contributed by atoms with Gasteiger partial charge in [-0.15, -0.1) is 0 Å². The summed E-state index contributed by atoms with van der Waals surface area (Å²) in [5, 5.41) is 11.0. The number of aromatic nitrogens is 2. The van der Waals surface area contributed by atoms with Crippen molar-refractivity contribution in [1.29, 1.82) is 0 Å². The number of carbonyl (C=O) groups is 1. The number of benzene rings is 2. The number of aliphatic carboxylic acids is 1. The molecule has 33 heavy (non-hydrogen) atoms. The predicted octanol–water partition coefficient (Wildman–Crippen LogP) is 6.13. The zero-order valence-corrected chi connectivity index (χ0v) is 19.6. The maximum Gasteiger partial charge on any atom is 0.314 e. The van der Waals surface area contributed by atoms with Gasteiger partial charge in [-0.3, -0.25) is 4.79 Å². The summed E-state index contributed by atoms with van der Waals surface area (Å²) in [5.74, 6) is 1.43. The number of hydrogen-bond donors (Lipinski definition) is 1. The second kappa shape index (κ2) is 8.53. The van der Waals surface area contributed by atoms with Gasteiger partial charge in [-0.25, -0.2) is 4.98 Å². The highest BCUT2D eigenvalue weighted by atomic mass is 35.5. The average molecular weight is 465 g/mol. The Morgan fingerprint density at radius 2 is 1.67 bits per heavy atom. The smallest absolute Gasteiger partial charge is 0.314 e. The molecule has 2 fully saturated rings. The molecule has 0 atom stereocenters. The van der Waals surface area contributed by atoms with Crippen molar-refractivity contribution in [2.24, 2.45) is 5.92 Å². The zero-order valence-electron chi connectivity index (χ0n) is 18.8. The third-order valence-electron chi connectivity index (χ3n) is 7.31. The van der Waals surface area contributed by atoms with Gasteiger partial charge in [0.05, 0.1) is 11.1 Å². The maximum atomic E-state index is 12.6. The molecule has 0 bridgehead atoms. The van der Waals surface area contributed by atoms with Crippen LogP contribution in [0.2, 0.25) is 5.15 Å². The lowest BCUT2D eigenvalue weighted by molar-refractivity contribution is -0.147. The van der Waals surface area contributed by atoms with Crippen LogP contribution in [-0.4, -0.2) is 20.6 Å². The van der Waals surface area contributed by atoms with Gasteiger partial charge in [0.1, 0.15) is 10.9 Å². The molecule has 0 spiro atoms. The molecule has 2 aliphatic rings.